The van der Waals surface area contributed by atoms with Crippen LogP contribution in [0.3, 0.4) is 0 Å². The Morgan fingerprint density at radius 2 is 2.07 bits per heavy atom. The van der Waals surface area contributed by atoms with Crippen molar-refractivity contribution in [1.29, 1.82) is 0 Å². The van der Waals surface area contributed by atoms with E-state index in [4.69, 9.17) is 0 Å². The van der Waals surface area contributed by atoms with Crippen molar-refractivity contribution in [3.05, 3.63) is 41.0 Å². The van der Waals surface area contributed by atoms with E-state index in [-0.39, 0.29) is 5.91 Å². The number of amides is 1. The lowest BCUT2D eigenvalue weighted by Crippen LogP contribution is -2.19. The highest BCUT2D eigenvalue weighted by molar-refractivity contribution is 5.73. The van der Waals surface area contributed by atoms with Crippen LogP contribution in [0.1, 0.15) is 23.6 Å². The van der Waals surface area contributed by atoms with Crippen LogP contribution in [0.5, 0.6) is 0 Å². The number of hydrogen-bond acceptors (Lipinski definition) is 1. The zero-order valence-corrected chi connectivity index (χ0v) is 9.50. The Balaban J connectivity index is 2.57. The molecule has 80 valence electrons. The van der Waals surface area contributed by atoms with Crippen molar-refractivity contribution in [2.75, 3.05) is 6.54 Å². The molecule has 1 amide bonds. The van der Waals surface area contributed by atoms with Crippen LogP contribution < -0.4 is 5.32 Å². The predicted octanol–water partition coefficient (Wildman–Crippen LogP) is 2.45. The maximum absolute atomic E-state index is 10.6. The predicted molar refractivity (Wildman–Crippen MR) is 63.6 cm³/mol. The molecule has 0 aliphatic heterocycles. The van der Waals surface area contributed by atoms with Gasteiger partial charge >= 0.3 is 0 Å². The summed E-state index contributed by atoms with van der Waals surface area (Å²) in [5.41, 5.74) is 3.76. The molecule has 0 aliphatic rings. The first-order valence-corrected chi connectivity index (χ1v) is 5.08. The van der Waals surface area contributed by atoms with Crippen molar-refractivity contribution in [2.24, 2.45) is 0 Å². The van der Waals surface area contributed by atoms with E-state index in [1.54, 1.807) is 0 Å². The molecule has 1 aromatic rings. The topological polar surface area (TPSA) is 29.1 Å². The minimum atomic E-state index is -0.000244. The summed E-state index contributed by atoms with van der Waals surface area (Å²) in [6, 6.07) is 6.32. The fraction of sp³-hybridized carbons (Fsp3) is 0.308. The van der Waals surface area contributed by atoms with Gasteiger partial charge in [0.2, 0.25) is 5.91 Å². The van der Waals surface area contributed by atoms with Crippen molar-refractivity contribution >= 4 is 12.0 Å². The molecule has 0 atom stereocenters. The van der Waals surface area contributed by atoms with Gasteiger partial charge < -0.3 is 5.32 Å². The van der Waals surface area contributed by atoms with Gasteiger partial charge in [-0.25, -0.2) is 0 Å². The summed E-state index contributed by atoms with van der Waals surface area (Å²) in [4.78, 5) is 10.6. The molecule has 0 aromatic heterocycles. The van der Waals surface area contributed by atoms with E-state index in [0.717, 1.165) is 0 Å². The average Bonchev–Trinajstić information content (AvgIpc) is 2.18. The van der Waals surface area contributed by atoms with Crippen LogP contribution in [0.25, 0.3) is 6.08 Å². The molecule has 0 radical (unpaired) electrons. The molecule has 1 rings (SSSR count). The maximum atomic E-state index is 10.6. The van der Waals surface area contributed by atoms with Gasteiger partial charge in [-0.1, -0.05) is 30.4 Å². The van der Waals surface area contributed by atoms with Gasteiger partial charge in [-0.05, 0) is 30.5 Å². The number of hydrogen-bond donors (Lipinski definition) is 1. The van der Waals surface area contributed by atoms with E-state index >= 15 is 0 Å². The van der Waals surface area contributed by atoms with Crippen molar-refractivity contribution < 1.29 is 4.79 Å². The Bertz CT molecular complexity index is 380. The second kappa shape index (κ2) is 5.35. The third kappa shape index (κ3) is 3.98. The van der Waals surface area contributed by atoms with E-state index in [9.17, 15) is 4.79 Å². The Labute approximate surface area is 91.0 Å². The second-order valence-electron chi connectivity index (χ2n) is 3.68. The van der Waals surface area contributed by atoms with E-state index in [1.165, 1.54) is 23.6 Å². The number of rotatable bonds is 3. The van der Waals surface area contributed by atoms with Gasteiger partial charge in [-0.15, -0.1) is 0 Å². The number of aryl methyl sites for hydroxylation is 2. The Kier molecular flexibility index (Phi) is 4.10. The average molecular weight is 203 g/mol. The molecular weight excluding hydrogens is 186 g/mol. The van der Waals surface area contributed by atoms with Crippen LogP contribution in [0.4, 0.5) is 0 Å². The third-order valence-electron chi connectivity index (χ3n) is 2.31. The van der Waals surface area contributed by atoms with Gasteiger partial charge in [0, 0.05) is 13.5 Å². The van der Waals surface area contributed by atoms with Crippen LogP contribution in [0.2, 0.25) is 0 Å². The highest BCUT2D eigenvalue weighted by atomic mass is 16.1. The summed E-state index contributed by atoms with van der Waals surface area (Å²) in [5.74, 6) is -0.000244. The van der Waals surface area contributed by atoms with Gasteiger partial charge in [-0.3, -0.25) is 4.79 Å². The zero-order valence-electron chi connectivity index (χ0n) is 9.50. The SMILES string of the molecule is CC(=O)NCC=Cc1ccc(C)c(C)c1. The molecule has 2 nitrogen and oxygen atoms in total. The van der Waals surface area contributed by atoms with Gasteiger partial charge in [0.25, 0.3) is 0 Å². The molecular formula is C13H17NO. The van der Waals surface area contributed by atoms with Crippen LogP contribution in [0.15, 0.2) is 24.3 Å². The minimum absolute atomic E-state index is 0.000244. The summed E-state index contributed by atoms with van der Waals surface area (Å²) in [6.45, 7) is 6.30. The van der Waals surface area contributed by atoms with E-state index in [1.807, 2.05) is 12.2 Å². The summed E-state index contributed by atoms with van der Waals surface area (Å²) in [6.07, 6.45) is 3.97. The van der Waals surface area contributed by atoms with E-state index in [2.05, 4.69) is 37.4 Å². The summed E-state index contributed by atoms with van der Waals surface area (Å²) in [5, 5.41) is 2.72. The number of benzene rings is 1. The number of nitrogens with one attached hydrogen (secondary N) is 1. The van der Waals surface area contributed by atoms with Crippen molar-refractivity contribution in [1.82, 2.24) is 5.32 Å². The molecule has 0 aliphatic carbocycles. The van der Waals surface area contributed by atoms with Gasteiger partial charge in [-0.2, -0.15) is 0 Å². The van der Waals surface area contributed by atoms with Crippen LogP contribution in [-0.2, 0) is 4.79 Å². The molecule has 0 spiro atoms. The number of carbonyl (C=O) groups is 1. The maximum Gasteiger partial charge on any atom is 0.217 e. The molecule has 0 saturated carbocycles. The molecule has 15 heavy (non-hydrogen) atoms. The van der Waals surface area contributed by atoms with Crippen molar-refractivity contribution in [2.45, 2.75) is 20.8 Å². The summed E-state index contributed by atoms with van der Waals surface area (Å²) >= 11 is 0. The van der Waals surface area contributed by atoms with Gasteiger partial charge in [0.15, 0.2) is 0 Å². The molecule has 0 fully saturated rings. The largest absolute Gasteiger partial charge is 0.353 e. The third-order valence-corrected chi connectivity index (χ3v) is 2.31. The first kappa shape index (κ1) is 11.5. The molecule has 2 heteroatoms. The lowest BCUT2D eigenvalue weighted by atomic mass is 10.1. The van der Waals surface area contributed by atoms with E-state index in [0.29, 0.717) is 6.54 Å². The standard InChI is InChI=1S/C13H17NO/c1-10-6-7-13(9-11(10)2)5-4-8-14-12(3)15/h4-7,9H,8H2,1-3H3,(H,14,15). The van der Waals surface area contributed by atoms with Crippen LogP contribution in [0, 0.1) is 13.8 Å². The minimum Gasteiger partial charge on any atom is -0.353 e. The lowest BCUT2D eigenvalue weighted by Gasteiger charge is -2.01. The van der Waals surface area contributed by atoms with Crippen LogP contribution >= 0.6 is 0 Å². The fourth-order valence-corrected chi connectivity index (χ4v) is 1.27. The fourth-order valence-electron chi connectivity index (χ4n) is 1.27. The molecule has 0 unspecified atom stereocenters. The first-order valence-electron chi connectivity index (χ1n) is 5.08. The second-order valence-corrected chi connectivity index (χ2v) is 3.68. The Morgan fingerprint density at radius 3 is 2.67 bits per heavy atom. The van der Waals surface area contributed by atoms with Crippen molar-refractivity contribution in [3.8, 4) is 0 Å². The smallest absolute Gasteiger partial charge is 0.217 e. The monoisotopic (exact) mass is 203 g/mol. The zero-order chi connectivity index (χ0) is 11.3. The highest BCUT2D eigenvalue weighted by Crippen LogP contribution is 2.10. The van der Waals surface area contributed by atoms with E-state index < -0.39 is 0 Å². The Hall–Kier alpha value is -1.57. The van der Waals surface area contributed by atoms with Gasteiger partial charge in [0.05, 0.1) is 0 Å². The lowest BCUT2D eigenvalue weighted by molar-refractivity contribution is -0.118. The van der Waals surface area contributed by atoms with Crippen LogP contribution in [-0.4, -0.2) is 12.5 Å². The summed E-state index contributed by atoms with van der Waals surface area (Å²) in [7, 11) is 0. The number of carbonyl (C=O) groups excluding carboxylic acids is 1. The molecule has 1 aromatic carbocycles. The van der Waals surface area contributed by atoms with Crippen molar-refractivity contribution in [3.63, 3.8) is 0 Å². The molecule has 0 saturated heterocycles. The quantitative estimate of drug-likeness (QED) is 0.803. The molecule has 0 heterocycles. The summed E-state index contributed by atoms with van der Waals surface area (Å²) < 4.78 is 0. The highest BCUT2D eigenvalue weighted by Gasteiger charge is 1.92. The Morgan fingerprint density at radius 1 is 1.33 bits per heavy atom. The van der Waals surface area contributed by atoms with Gasteiger partial charge in [0.1, 0.15) is 0 Å². The molecule has 1 N–H and O–H groups in total. The first-order chi connectivity index (χ1) is 7.09. The molecule has 0 bridgehead atoms. The normalized spacial score (nSPS) is 10.6.